The summed E-state index contributed by atoms with van der Waals surface area (Å²) in [7, 11) is 1.76. The van der Waals surface area contributed by atoms with Gasteiger partial charge in [0.1, 0.15) is 0 Å². The molecule has 5 nitrogen and oxygen atoms in total. The summed E-state index contributed by atoms with van der Waals surface area (Å²) in [5.74, 6) is 2.15. The molecule has 1 aromatic heterocycles. The number of aromatic nitrogens is 1. The van der Waals surface area contributed by atoms with Gasteiger partial charge in [0.25, 0.3) is 0 Å². The van der Waals surface area contributed by atoms with E-state index in [1.807, 2.05) is 36.4 Å². The molecular weight excluding hydrogens is 336 g/mol. The molecule has 0 radical (unpaired) electrons. The first-order valence-electron chi connectivity index (χ1n) is 8.49. The third-order valence-electron chi connectivity index (χ3n) is 4.02. The van der Waals surface area contributed by atoms with E-state index in [9.17, 15) is 0 Å². The maximum absolute atomic E-state index is 5.90. The average molecular weight is 359 g/mol. The predicted octanol–water partition coefficient (Wildman–Crippen LogP) is 3.39. The summed E-state index contributed by atoms with van der Waals surface area (Å²) in [5.41, 5.74) is 2.25. The summed E-state index contributed by atoms with van der Waals surface area (Å²) in [6.07, 6.45) is 4.33. The molecule has 132 valence electrons. The lowest BCUT2D eigenvalue weighted by molar-refractivity contribution is 0.288. The van der Waals surface area contributed by atoms with Crippen LogP contribution in [0.25, 0.3) is 0 Å². The number of benzene rings is 1. The molecule has 0 amide bonds. The molecule has 0 saturated heterocycles. The van der Waals surface area contributed by atoms with Gasteiger partial charge in [0.15, 0.2) is 5.96 Å². The van der Waals surface area contributed by atoms with Gasteiger partial charge in [0.2, 0.25) is 5.88 Å². The van der Waals surface area contributed by atoms with Crippen LogP contribution in [0.3, 0.4) is 0 Å². The molecule has 1 fully saturated rings. The van der Waals surface area contributed by atoms with Gasteiger partial charge in [-0.15, -0.1) is 0 Å². The summed E-state index contributed by atoms with van der Waals surface area (Å²) in [6.45, 7) is 2.11. The van der Waals surface area contributed by atoms with Gasteiger partial charge in [-0.1, -0.05) is 23.7 Å². The predicted molar refractivity (Wildman–Crippen MR) is 101 cm³/mol. The average Bonchev–Trinajstić information content (AvgIpc) is 3.46. The second kappa shape index (κ2) is 8.72. The Hall–Kier alpha value is -2.27. The highest BCUT2D eigenvalue weighted by Gasteiger charge is 2.22. The minimum absolute atomic E-state index is 0.655. The molecule has 0 bridgehead atoms. The molecule has 1 aromatic carbocycles. The maximum atomic E-state index is 5.90. The largest absolute Gasteiger partial charge is 0.477 e. The number of hydrogen-bond acceptors (Lipinski definition) is 3. The van der Waals surface area contributed by atoms with Crippen LogP contribution >= 0.6 is 11.6 Å². The number of ether oxygens (including phenoxy) is 1. The highest BCUT2D eigenvalue weighted by Crippen LogP contribution is 2.29. The highest BCUT2D eigenvalue weighted by atomic mass is 35.5. The lowest BCUT2D eigenvalue weighted by atomic mass is 10.2. The number of pyridine rings is 1. The highest BCUT2D eigenvalue weighted by molar-refractivity contribution is 6.30. The number of halogens is 1. The fourth-order valence-electron chi connectivity index (χ4n) is 2.32. The third kappa shape index (κ3) is 5.94. The Bertz CT molecular complexity index is 714. The van der Waals surface area contributed by atoms with Crippen molar-refractivity contribution in [2.45, 2.75) is 25.9 Å². The fraction of sp³-hybridized carbons (Fsp3) is 0.368. The summed E-state index contributed by atoms with van der Waals surface area (Å²) < 4.78 is 5.72. The Labute approximate surface area is 153 Å². The van der Waals surface area contributed by atoms with Crippen molar-refractivity contribution >= 4 is 17.6 Å². The topological polar surface area (TPSA) is 58.5 Å². The van der Waals surface area contributed by atoms with Crippen molar-refractivity contribution in [3.05, 3.63) is 58.7 Å². The molecule has 1 heterocycles. The van der Waals surface area contributed by atoms with Crippen LogP contribution in [-0.4, -0.2) is 24.6 Å². The first kappa shape index (κ1) is 17.5. The third-order valence-corrected chi connectivity index (χ3v) is 4.27. The summed E-state index contributed by atoms with van der Waals surface area (Å²) in [4.78, 5) is 8.51. The van der Waals surface area contributed by atoms with Gasteiger partial charge in [-0.05, 0) is 48.1 Å². The standard InChI is InChI=1S/C19H23ClN4O/c1-21-19(23-11-14-4-6-17(20)7-5-14)24-12-16-8-9-22-18(10-16)25-13-15-2-3-15/h4-10,15H,2-3,11-13H2,1H3,(H2,21,23,24). The van der Waals surface area contributed by atoms with E-state index in [1.54, 1.807) is 13.2 Å². The lowest BCUT2D eigenvalue weighted by Crippen LogP contribution is -2.36. The lowest BCUT2D eigenvalue weighted by Gasteiger charge is -2.12. The Balaban J connectivity index is 1.47. The van der Waals surface area contributed by atoms with E-state index in [2.05, 4.69) is 20.6 Å². The molecule has 0 aliphatic heterocycles. The van der Waals surface area contributed by atoms with Gasteiger partial charge in [0.05, 0.1) is 6.61 Å². The molecule has 0 unspecified atom stereocenters. The van der Waals surface area contributed by atoms with Gasteiger partial charge >= 0.3 is 0 Å². The van der Waals surface area contributed by atoms with Crippen LogP contribution in [0.4, 0.5) is 0 Å². The van der Waals surface area contributed by atoms with E-state index in [1.165, 1.54) is 12.8 Å². The van der Waals surface area contributed by atoms with Crippen LogP contribution in [0, 0.1) is 5.92 Å². The molecule has 2 aromatic rings. The smallest absolute Gasteiger partial charge is 0.213 e. The zero-order chi connectivity index (χ0) is 17.5. The van der Waals surface area contributed by atoms with Crippen molar-refractivity contribution in [2.24, 2.45) is 10.9 Å². The van der Waals surface area contributed by atoms with Crippen LogP contribution in [0.5, 0.6) is 5.88 Å². The Morgan fingerprint density at radius 1 is 1.16 bits per heavy atom. The number of hydrogen-bond donors (Lipinski definition) is 2. The zero-order valence-electron chi connectivity index (χ0n) is 14.3. The van der Waals surface area contributed by atoms with Crippen molar-refractivity contribution in [2.75, 3.05) is 13.7 Å². The Morgan fingerprint density at radius 2 is 1.88 bits per heavy atom. The van der Waals surface area contributed by atoms with E-state index in [4.69, 9.17) is 16.3 Å². The normalized spacial score (nSPS) is 14.2. The van der Waals surface area contributed by atoms with Gasteiger partial charge in [-0.2, -0.15) is 0 Å². The second-order valence-corrected chi connectivity index (χ2v) is 6.60. The molecule has 6 heteroatoms. The fourth-order valence-corrected chi connectivity index (χ4v) is 2.45. The molecule has 2 N–H and O–H groups in total. The molecule has 0 atom stereocenters. The van der Waals surface area contributed by atoms with Crippen molar-refractivity contribution in [3.63, 3.8) is 0 Å². The number of nitrogens with one attached hydrogen (secondary N) is 2. The number of nitrogens with zero attached hydrogens (tertiary/aromatic N) is 2. The summed E-state index contributed by atoms with van der Waals surface area (Å²) >= 11 is 5.90. The quantitative estimate of drug-likeness (QED) is 0.588. The Kier molecular flexibility index (Phi) is 6.12. The van der Waals surface area contributed by atoms with Crippen LogP contribution < -0.4 is 15.4 Å². The van der Waals surface area contributed by atoms with Crippen molar-refractivity contribution < 1.29 is 4.74 Å². The zero-order valence-corrected chi connectivity index (χ0v) is 15.1. The van der Waals surface area contributed by atoms with Gasteiger partial charge < -0.3 is 15.4 Å². The molecule has 3 rings (SSSR count). The van der Waals surface area contributed by atoms with Gasteiger partial charge in [-0.25, -0.2) is 4.98 Å². The summed E-state index contributed by atoms with van der Waals surface area (Å²) in [6, 6.07) is 11.7. The number of rotatable bonds is 7. The SMILES string of the molecule is CN=C(NCc1ccc(Cl)cc1)NCc1ccnc(OCC2CC2)c1. The van der Waals surface area contributed by atoms with Crippen molar-refractivity contribution in [1.29, 1.82) is 0 Å². The van der Waals surface area contributed by atoms with Crippen LogP contribution in [0.1, 0.15) is 24.0 Å². The molecule has 1 aliphatic carbocycles. The van der Waals surface area contributed by atoms with Gasteiger partial charge in [-0.3, -0.25) is 4.99 Å². The van der Waals surface area contributed by atoms with E-state index in [0.29, 0.717) is 19.0 Å². The number of guanidine groups is 1. The monoisotopic (exact) mass is 358 g/mol. The Morgan fingerprint density at radius 3 is 2.56 bits per heavy atom. The maximum Gasteiger partial charge on any atom is 0.213 e. The van der Waals surface area contributed by atoms with Gasteiger partial charge in [0, 0.05) is 37.4 Å². The van der Waals surface area contributed by atoms with E-state index in [0.717, 1.165) is 34.6 Å². The van der Waals surface area contributed by atoms with E-state index >= 15 is 0 Å². The van der Waals surface area contributed by atoms with Crippen LogP contribution in [0.2, 0.25) is 5.02 Å². The molecule has 0 spiro atoms. The van der Waals surface area contributed by atoms with Crippen LogP contribution in [-0.2, 0) is 13.1 Å². The molecule has 1 saturated carbocycles. The minimum Gasteiger partial charge on any atom is -0.477 e. The van der Waals surface area contributed by atoms with E-state index in [-0.39, 0.29) is 0 Å². The van der Waals surface area contributed by atoms with Crippen molar-refractivity contribution in [1.82, 2.24) is 15.6 Å². The second-order valence-electron chi connectivity index (χ2n) is 6.16. The summed E-state index contributed by atoms with van der Waals surface area (Å²) in [5, 5.41) is 7.33. The van der Waals surface area contributed by atoms with E-state index < -0.39 is 0 Å². The molecular formula is C19H23ClN4O. The molecule has 25 heavy (non-hydrogen) atoms. The number of aliphatic imine (C=N–C) groups is 1. The molecule has 1 aliphatic rings. The first-order valence-corrected chi connectivity index (χ1v) is 8.87. The first-order chi connectivity index (χ1) is 12.2. The minimum atomic E-state index is 0.655. The van der Waals surface area contributed by atoms with Crippen molar-refractivity contribution in [3.8, 4) is 5.88 Å². The van der Waals surface area contributed by atoms with Crippen LogP contribution in [0.15, 0.2) is 47.6 Å².